The van der Waals surface area contributed by atoms with Crippen LogP contribution in [0.25, 0.3) is 0 Å². The Morgan fingerprint density at radius 1 is 1.18 bits per heavy atom. The van der Waals surface area contributed by atoms with Gasteiger partial charge in [0.05, 0.1) is 27.8 Å². The zero-order chi connectivity index (χ0) is 16.1. The number of likely N-dealkylation sites (N-methyl/N-ethyl adjacent to an activating group) is 1. The smallest absolute Gasteiger partial charge is 0.255 e. The molecule has 0 atom stereocenters. The number of carbonyl (C=O) groups excluding carboxylic acids is 2. The van der Waals surface area contributed by atoms with Crippen molar-refractivity contribution < 1.29 is 9.59 Å². The Kier molecular flexibility index (Phi) is 5.35. The lowest BCUT2D eigenvalue weighted by molar-refractivity contribution is -0.116. The van der Waals surface area contributed by atoms with Crippen LogP contribution in [0.2, 0.25) is 10.0 Å². The highest BCUT2D eigenvalue weighted by Gasteiger charge is 2.16. The molecule has 0 saturated carbocycles. The van der Waals surface area contributed by atoms with Gasteiger partial charge in [-0.1, -0.05) is 29.3 Å². The van der Waals surface area contributed by atoms with Crippen LogP contribution in [0.15, 0.2) is 42.7 Å². The summed E-state index contributed by atoms with van der Waals surface area (Å²) in [5, 5.41) is 3.27. The van der Waals surface area contributed by atoms with E-state index in [0.717, 1.165) is 0 Å². The van der Waals surface area contributed by atoms with Crippen LogP contribution in [0, 0.1) is 0 Å². The number of rotatable bonds is 4. The number of anilines is 1. The normalized spacial score (nSPS) is 10.1. The van der Waals surface area contributed by atoms with E-state index in [2.05, 4.69) is 10.3 Å². The number of pyridine rings is 1. The van der Waals surface area contributed by atoms with Crippen molar-refractivity contribution in [1.82, 2.24) is 9.88 Å². The molecule has 0 aliphatic rings. The van der Waals surface area contributed by atoms with Crippen LogP contribution in [-0.4, -0.2) is 35.3 Å². The van der Waals surface area contributed by atoms with Gasteiger partial charge in [-0.3, -0.25) is 14.6 Å². The van der Waals surface area contributed by atoms with Gasteiger partial charge in [-0.05, 0) is 24.3 Å². The van der Waals surface area contributed by atoms with Gasteiger partial charge in [-0.2, -0.15) is 0 Å². The lowest BCUT2D eigenvalue weighted by Crippen LogP contribution is -2.35. The molecule has 0 spiro atoms. The first-order valence-electron chi connectivity index (χ1n) is 6.38. The molecule has 0 fully saturated rings. The molecule has 22 heavy (non-hydrogen) atoms. The average molecular weight is 338 g/mol. The Balaban J connectivity index is 2.01. The van der Waals surface area contributed by atoms with E-state index in [0.29, 0.717) is 21.3 Å². The highest BCUT2D eigenvalue weighted by atomic mass is 35.5. The van der Waals surface area contributed by atoms with Gasteiger partial charge in [0, 0.05) is 19.4 Å². The second-order valence-corrected chi connectivity index (χ2v) is 5.36. The first-order chi connectivity index (χ1) is 10.5. The molecule has 2 aromatic rings. The van der Waals surface area contributed by atoms with Crippen molar-refractivity contribution >= 4 is 40.7 Å². The molecule has 1 aromatic carbocycles. The third-order valence-electron chi connectivity index (χ3n) is 2.86. The number of carbonyl (C=O) groups is 2. The van der Waals surface area contributed by atoms with Gasteiger partial charge in [-0.25, -0.2) is 0 Å². The molecule has 0 saturated heterocycles. The maximum Gasteiger partial charge on any atom is 0.255 e. The van der Waals surface area contributed by atoms with Crippen LogP contribution in [-0.2, 0) is 4.79 Å². The van der Waals surface area contributed by atoms with Crippen LogP contribution < -0.4 is 5.32 Å². The number of nitrogens with one attached hydrogen (secondary N) is 1. The average Bonchev–Trinajstić information content (AvgIpc) is 2.51. The molecule has 0 bridgehead atoms. The van der Waals surface area contributed by atoms with Gasteiger partial charge in [0.2, 0.25) is 5.91 Å². The lowest BCUT2D eigenvalue weighted by Gasteiger charge is -2.17. The molecule has 2 amide bonds. The molecule has 7 heteroatoms. The summed E-state index contributed by atoms with van der Waals surface area (Å²) in [5.74, 6) is -0.691. The van der Waals surface area contributed by atoms with Gasteiger partial charge in [0.25, 0.3) is 5.91 Å². The summed E-state index contributed by atoms with van der Waals surface area (Å²) in [6, 6.07) is 8.21. The number of nitrogens with zero attached hydrogens (tertiary/aromatic N) is 2. The topological polar surface area (TPSA) is 62.3 Å². The first-order valence-corrected chi connectivity index (χ1v) is 7.14. The van der Waals surface area contributed by atoms with Crippen molar-refractivity contribution in [1.29, 1.82) is 0 Å². The van der Waals surface area contributed by atoms with Gasteiger partial charge in [0.15, 0.2) is 0 Å². The predicted octanol–water partition coefficient (Wildman–Crippen LogP) is 3.10. The predicted molar refractivity (Wildman–Crippen MR) is 86.3 cm³/mol. The third kappa shape index (κ3) is 3.96. The summed E-state index contributed by atoms with van der Waals surface area (Å²) in [6.07, 6.45) is 3.02. The molecule has 0 aliphatic carbocycles. The van der Waals surface area contributed by atoms with Crippen molar-refractivity contribution in [2.45, 2.75) is 0 Å². The summed E-state index contributed by atoms with van der Waals surface area (Å²) in [5.41, 5.74) is 0.742. The number of amides is 2. The quantitative estimate of drug-likeness (QED) is 0.932. The second kappa shape index (κ2) is 7.24. The van der Waals surface area contributed by atoms with Gasteiger partial charge < -0.3 is 10.2 Å². The van der Waals surface area contributed by atoms with Gasteiger partial charge in [-0.15, -0.1) is 0 Å². The Hall–Kier alpha value is -2.11. The van der Waals surface area contributed by atoms with Crippen LogP contribution in [0.4, 0.5) is 5.69 Å². The fourth-order valence-corrected chi connectivity index (χ4v) is 2.28. The van der Waals surface area contributed by atoms with Gasteiger partial charge >= 0.3 is 0 Å². The summed E-state index contributed by atoms with van der Waals surface area (Å²) >= 11 is 12.0. The Bertz CT molecular complexity index is 672. The molecular formula is C15H13Cl2N3O2. The summed E-state index contributed by atoms with van der Waals surface area (Å²) < 4.78 is 0. The standard InChI is InChI=1S/C15H13Cl2N3O2/c1-20(15(22)10-4-3-7-18-8-10)9-13(21)19-14-11(16)5-2-6-12(14)17/h2-8H,9H2,1H3,(H,19,21). The number of hydrogen-bond acceptors (Lipinski definition) is 3. The largest absolute Gasteiger partial charge is 0.332 e. The number of para-hydroxylation sites is 1. The molecule has 1 N–H and O–H groups in total. The Morgan fingerprint density at radius 2 is 1.86 bits per heavy atom. The Morgan fingerprint density at radius 3 is 2.45 bits per heavy atom. The molecule has 0 aliphatic heterocycles. The lowest BCUT2D eigenvalue weighted by atomic mass is 10.2. The molecular weight excluding hydrogens is 325 g/mol. The highest BCUT2D eigenvalue weighted by Crippen LogP contribution is 2.29. The zero-order valence-corrected chi connectivity index (χ0v) is 13.2. The summed E-state index contributed by atoms with van der Waals surface area (Å²) in [4.78, 5) is 29.3. The third-order valence-corrected chi connectivity index (χ3v) is 3.49. The number of hydrogen-bond donors (Lipinski definition) is 1. The van der Waals surface area contributed by atoms with Crippen LogP contribution >= 0.6 is 23.2 Å². The maximum absolute atomic E-state index is 12.1. The minimum Gasteiger partial charge on any atom is -0.332 e. The van der Waals surface area contributed by atoms with E-state index in [1.165, 1.54) is 18.1 Å². The van der Waals surface area contributed by atoms with Crippen LogP contribution in [0.5, 0.6) is 0 Å². The Labute approximate surface area is 137 Å². The van der Waals surface area contributed by atoms with E-state index in [-0.39, 0.29) is 12.5 Å². The first kappa shape index (κ1) is 16.3. The van der Waals surface area contributed by atoms with Gasteiger partial charge in [0.1, 0.15) is 0 Å². The minimum atomic E-state index is -0.394. The van der Waals surface area contributed by atoms with E-state index < -0.39 is 5.91 Å². The number of aromatic nitrogens is 1. The fraction of sp³-hybridized carbons (Fsp3) is 0.133. The number of halogens is 2. The van der Waals surface area contributed by atoms with Crippen molar-refractivity contribution in [3.05, 3.63) is 58.3 Å². The summed E-state index contributed by atoms with van der Waals surface area (Å²) in [6.45, 7) is -0.130. The van der Waals surface area contributed by atoms with Crippen molar-refractivity contribution in [3.63, 3.8) is 0 Å². The van der Waals surface area contributed by atoms with Crippen LogP contribution in [0.1, 0.15) is 10.4 Å². The van der Waals surface area contributed by atoms with Crippen molar-refractivity contribution in [2.75, 3.05) is 18.9 Å². The monoisotopic (exact) mass is 337 g/mol. The molecule has 114 valence electrons. The molecule has 1 aromatic heterocycles. The van der Waals surface area contributed by atoms with Crippen molar-refractivity contribution in [3.8, 4) is 0 Å². The van der Waals surface area contributed by atoms with Crippen LogP contribution in [0.3, 0.4) is 0 Å². The summed E-state index contributed by atoms with van der Waals surface area (Å²) in [7, 11) is 1.53. The molecule has 0 radical (unpaired) electrons. The molecule has 2 rings (SSSR count). The molecule has 1 heterocycles. The fourth-order valence-electron chi connectivity index (χ4n) is 1.79. The van der Waals surface area contributed by atoms with E-state index in [1.54, 1.807) is 36.5 Å². The zero-order valence-electron chi connectivity index (χ0n) is 11.7. The van der Waals surface area contributed by atoms with E-state index in [9.17, 15) is 9.59 Å². The van der Waals surface area contributed by atoms with E-state index >= 15 is 0 Å². The minimum absolute atomic E-state index is 0.130. The molecule has 0 unspecified atom stereocenters. The highest BCUT2D eigenvalue weighted by molar-refractivity contribution is 6.39. The van der Waals surface area contributed by atoms with E-state index in [4.69, 9.17) is 23.2 Å². The SMILES string of the molecule is CN(CC(=O)Nc1c(Cl)cccc1Cl)C(=O)c1cccnc1. The maximum atomic E-state index is 12.1. The van der Waals surface area contributed by atoms with E-state index in [1.807, 2.05) is 0 Å². The number of benzene rings is 1. The van der Waals surface area contributed by atoms with Crippen molar-refractivity contribution in [2.24, 2.45) is 0 Å². The second-order valence-electron chi connectivity index (χ2n) is 4.55. The molecule has 5 nitrogen and oxygen atoms in total.